The minimum absolute atomic E-state index is 0.319. The maximum atomic E-state index is 12.6. The average Bonchev–Trinajstić information content (AvgIpc) is 2.55. The highest BCUT2D eigenvalue weighted by atomic mass is 16.2. The molecule has 2 rings (SSSR count). The third-order valence-electron chi connectivity index (χ3n) is 5.45. The van der Waals surface area contributed by atoms with Gasteiger partial charge in [-0.05, 0) is 56.9 Å². The van der Waals surface area contributed by atoms with Crippen LogP contribution in [0, 0.1) is 17.8 Å². The standard InChI is InChI=1S/C17H33N3O/c1-2-14-3-5-16(6-4-14)17(21)20-11-7-15(8-12-20)13-19-10-9-18/h14-16,19H,2-13,18H2,1H3. The molecule has 0 spiro atoms. The lowest BCUT2D eigenvalue weighted by molar-refractivity contribution is -0.138. The fourth-order valence-electron chi connectivity index (χ4n) is 3.84. The number of piperidine rings is 1. The predicted molar refractivity (Wildman–Crippen MR) is 87.0 cm³/mol. The summed E-state index contributed by atoms with van der Waals surface area (Å²) in [5.74, 6) is 2.35. The van der Waals surface area contributed by atoms with Crippen LogP contribution in [0.2, 0.25) is 0 Å². The van der Waals surface area contributed by atoms with E-state index in [4.69, 9.17) is 5.73 Å². The number of carbonyl (C=O) groups is 1. The molecule has 1 amide bonds. The van der Waals surface area contributed by atoms with E-state index in [-0.39, 0.29) is 0 Å². The van der Waals surface area contributed by atoms with Crippen LogP contribution in [0.3, 0.4) is 0 Å². The molecule has 1 heterocycles. The zero-order valence-corrected chi connectivity index (χ0v) is 13.7. The van der Waals surface area contributed by atoms with Gasteiger partial charge in [0.2, 0.25) is 5.91 Å². The van der Waals surface area contributed by atoms with Crippen molar-refractivity contribution in [2.24, 2.45) is 23.5 Å². The summed E-state index contributed by atoms with van der Waals surface area (Å²) in [4.78, 5) is 14.7. The molecule has 4 nitrogen and oxygen atoms in total. The Kier molecular flexibility index (Phi) is 6.97. The van der Waals surface area contributed by atoms with Gasteiger partial charge in [-0.1, -0.05) is 13.3 Å². The number of nitrogens with one attached hydrogen (secondary N) is 1. The van der Waals surface area contributed by atoms with Crippen LogP contribution in [-0.2, 0) is 4.79 Å². The van der Waals surface area contributed by atoms with Gasteiger partial charge in [-0.2, -0.15) is 0 Å². The first-order valence-electron chi connectivity index (χ1n) is 8.94. The zero-order chi connectivity index (χ0) is 15.1. The molecule has 0 aromatic rings. The molecule has 0 atom stereocenters. The van der Waals surface area contributed by atoms with Crippen molar-refractivity contribution >= 4 is 5.91 Å². The van der Waals surface area contributed by atoms with E-state index in [1.165, 1.54) is 19.3 Å². The third-order valence-corrected chi connectivity index (χ3v) is 5.45. The normalized spacial score (nSPS) is 27.8. The van der Waals surface area contributed by atoms with Gasteiger partial charge >= 0.3 is 0 Å². The monoisotopic (exact) mass is 295 g/mol. The van der Waals surface area contributed by atoms with Crippen molar-refractivity contribution in [3.05, 3.63) is 0 Å². The summed E-state index contributed by atoms with van der Waals surface area (Å²) in [5.41, 5.74) is 5.49. The largest absolute Gasteiger partial charge is 0.342 e. The van der Waals surface area contributed by atoms with E-state index in [0.29, 0.717) is 18.4 Å². The second-order valence-corrected chi connectivity index (χ2v) is 6.89. The lowest BCUT2D eigenvalue weighted by Crippen LogP contribution is -2.44. The molecule has 122 valence electrons. The Balaban J connectivity index is 1.68. The molecule has 1 aliphatic carbocycles. The molecule has 1 saturated carbocycles. The van der Waals surface area contributed by atoms with E-state index >= 15 is 0 Å². The average molecular weight is 295 g/mol. The topological polar surface area (TPSA) is 58.4 Å². The van der Waals surface area contributed by atoms with E-state index < -0.39 is 0 Å². The summed E-state index contributed by atoms with van der Waals surface area (Å²) in [7, 11) is 0. The molecule has 3 N–H and O–H groups in total. The van der Waals surface area contributed by atoms with Gasteiger partial charge in [0, 0.05) is 32.1 Å². The van der Waals surface area contributed by atoms with Gasteiger partial charge in [-0.25, -0.2) is 0 Å². The lowest BCUT2D eigenvalue weighted by atomic mass is 9.80. The smallest absolute Gasteiger partial charge is 0.225 e. The highest BCUT2D eigenvalue weighted by Gasteiger charge is 2.30. The lowest BCUT2D eigenvalue weighted by Gasteiger charge is -2.36. The number of nitrogens with two attached hydrogens (primary N) is 1. The number of hydrogen-bond donors (Lipinski definition) is 2. The number of hydrogen-bond acceptors (Lipinski definition) is 3. The SMILES string of the molecule is CCC1CCC(C(=O)N2CCC(CNCCN)CC2)CC1. The van der Waals surface area contributed by atoms with Crippen LogP contribution < -0.4 is 11.1 Å². The van der Waals surface area contributed by atoms with Crippen molar-refractivity contribution in [3.63, 3.8) is 0 Å². The summed E-state index contributed by atoms with van der Waals surface area (Å²) < 4.78 is 0. The molecule has 2 aliphatic rings. The molecule has 2 fully saturated rings. The molecule has 0 radical (unpaired) electrons. The Morgan fingerprint density at radius 2 is 1.76 bits per heavy atom. The molecule has 1 saturated heterocycles. The summed E-state index contributed by atoms with van der Waals surface area (Å²) in [6.45, 7) is 6.86. The molecular formula is C17H33N3O. The van der Waals surface area contributed by atoms with Crippen LogP contribution in [0.15, 0.2) is 0 Å². The van der Waals surface area contributed by atoms with Crippen molar-refractivity contribution in [3.8, 4) is 0 Å². The first-order valence-corrected chi connectivity index (χ1v) is 8.94. The van der Waals surface area contributed by atoms with Crippen molar-refractivity contribution in [2.45, 2.75) is 51.9 Å². The summed E-state index contributed by atoms with van der Waals surface area (Å²) >= 11 is 0. The van der Waals surface area contributed by atoms with Gasteiger partial charge < -0.3 is 16.0 Å². The summed E-state index contributed by atoms with van der Waals surface area (Å²) in [6, 6.07) is 0. The highest BCUT2D eigenvalue weighted by molar-refractivity contribution is 5.79. The van der Waals surface area contributed by atoms with Crippen molar-refractivity contribution in [1.29, 1.82) is 0 Å². The van der Waals surface area contributed by atoms with Crippen LogP contribution in [0.25, 0.3) is 0 Å². The first-order chi connectivity index (χ1) is 10.2. The molecule has 0 unspecified atom stereocenters. The molecular weight excluding hydrogens is 262 g/mol. The zero-order valence-electron chi connectivity index (χ0n) is 13.7. The van der Waals surface area contributed by atoms with Crippen molar-refractivity contribution in [2.75, 3.05) is 32.7 Å². The number of nitrogens with zero attached hydrogens (tertiary/aromatic N) is 1. The fraction of sp³-hybridized carbons (Fsp3) is 0.941. The minimum atomic E-state index is 0.319. The molecule has 0 aromatic carbocycles. The van der Waals surface area contributed by atoms with E-state index in [0.717, 1.165) is 63.7 Å². The van der Waals surface area contributed by atoms with E-state index in [2.05, 4.69) is 17.1 Å². The summed E-state index contributed by atoms with van der Waals surface area (Å²) in [6.07, 6.45) is 8.33. The second-order valence-electron chi connectivity index (χ2n) is 6.89. The molecule has 21 heavy (non-hydrogen) atoms. The Hall–Kier alpha value is -0.610. The van der Waals surface area contributed by atoms with Gasteiger partial charge in [0.05, 0.1) is 0 Å². The number of likely N-dealkylation sites (tertiary alicyclic amines) is 1. The molecule has 1 aliphatic heterocycles. The highest BCUT2D eigenvalue weighted by Crippen LogP contribution is 2.32. The van der Waals surface area contributed by atoms with Crippen LogP contribution in [0.5, 0.6) is 0 Å². The number of amides is 1. The van der Waals surface area contributed by atoms with Crippen molar-refractivity contribution < 1.29 is 4.79 Å². The maximum Gasteiger partial charge on any atom is 0.225 e. The van der Waals surface area contributed by atoms with Gasteiger partial charge in [-0.15, -0.1) is 0 Å². The van der Waals surface area contributed by atoms with Crippen molar-refractivity contribution in [1.82, 2.24) is 10.2 Å². The predicted octanol–water partition coefficient (Wildman–Crippen LogP) is 1.99. The maximum absolute atomic E-state index is 12.6. The van der Waals surface area contributed by atoms with Gasteiger partial charge in [-0.3, -0.25) is 4.79 Å². The Bertz CT molecular complexity index is 305. The molecule has 0 aromatic heterocycles. The Morgan fingerprint density at radius 3 is 2.33 bits per heavy atom. The number of rotatable bonds is 6. The van der Waals surface area contributed by atoms with E-state index in [1.54, 1.807) is 0 Å². The first kappa shape index (κ1) is 16.8. The van der Waals surface area contributed by atoms with E-state index in [9.17, 15) is 4.79 Å². The summed E-state index contributed by atoms with van der Waals surface area (Å²) in [5, 5.41) is 3.40. The quantitative estimate of drug-likeness (QED) is 0.737. The minimum Gasteiger partial charge on any atom is -0.342 e. The van der Waals surface area contributed by atoms with Gasteiger partial charge in [0.1, 0.15) is 0 Å². The third kappa shape index (κ3) is 4.96. The van der Waals surface area contributed by atoms with Gasteiger partial charge in [0.15, 0.2) is 0 Å². The molecule has 0 bridgehead atoms. The van der Waals surface area contributed by atoms with Crippen LogP contribution in [0.4, 0.5) is 0 Å². The Labute approximate surface area is 129 Å². The Morgan fingerprint density at radius 1 is 1.10 bits per heavy atom. The van der Waals surface area contributed by atoms with E-state index in [1.807, 2.05) is 0 Å². The van der Waals surface area contributed by atoms with Crippen LogP contribution in [0.1, 0.15) is 51.9 Å². The number of carbonyl (C=O) groups excluding carboxylic acids is 1. The van der Waals surface area contributed by atoms with Crippen LogP contribution >= 0.6 is 0 Å². The fourth-order valence-corrected chi connectivity index (χ4v) is 3.84. The molecule has 4 heteroatoms. The van der Waals surface area contributed by atoms with Crippen LogP contribution in [-0.4, -0.2) is 43.5 Å². The second kappa shape index (κ2) is 8.74. The van der Waals surface area contributed by atoms with Gasteiger partial charge in [0.25, 0.3) is 0 Å².